The lowest BCUT2D eigenvalue weighted by molar-refractivity contribution is -0.141. The second-order valence-corrected chi connectivity index (χ2v) is 9.26. The van der Waals surface area contributed by atoms with E-state index in [0.29, 0.717) is 41.4 Å². The van der Waals surface area contributed by atoms with Gasteiger partial charge >= 0.3 is 6.18 Å². The predicted octanol–water partition coefficient (Wildman–Crippen LogP) is 3.11. The number of anilines is 1. The van der Waals surface area contributed by atoms with Crippen LogP contribution in [-0.4, -0.2) is 51.1 Å². The molecule has 11 nitrogen and oxygen atoms in total. The van der Waals surface area contributed by atoms with Gasteiger partial charge in [-0.25, -0.2) is 9.97 Å². The number of amides is 1. The summed E-state index contributed by atoms with van der Waals surface area (Å²) in [6, 6.07) is 2.29. The van der Waals surface area contributed by atoms with E-state index in [4.69, 9.17) is 0 Å². The Labute approximate surface area is 212 Å². The van der Waals surface area contributed by atoms with Crippen LogP contribution in [0.5, 0.6) is 0 Å². The van der Waals surface area contributed by atoms with Gasteiger partial charge in [-0.15, -0.1) is 0 Å². The van der Waals surface area contributed by atoms with Gasteiger partial charge in [0.2, 0.25) is 11.7 Å². The number of aryl methyl sites for hydroxylation is 1. The molecule has 1 unspecified atom stereocenters. The molecule has 1 N–H and O–H groups in total. The van der Waals surface area contributed by atoms with Crippen LogP contribution in [0, 0.1) is 5.92 Å². The third kappa shape index (κ3) is 4.01. The topological polar surface area (TPSA) is 119 Å². The number of imidazole rings is 2. The molecule has 6 heterocycles. The van der Waals surface area contributed by atoms with Gasteiger partial charge in [0.15, 0.2) is 11.2 Å². The number of alkyl halides is 3. The van der Waals surface area contributed by atoms with Gasteiger partial charge in [0.25, 0.3) is 5.56 Å². The molecule has 0 aliphatic carbocycles. The molecule has 1 amide bonds. The number of carbonyl (C=O) groups is 1. The van der Waals surface area contributed by atoms with Crippen molar-refractivity contribution in [1.29, 1.82) is 0 Å². The van der Waals surface area contributed by atoms with Crippen LogP contribution in [0.25, 0.3) is 28.3 Å². The summed E-state index contributed by atoms with van der Waals surface area (Å²) < 4.78 is 44.2. The lowest BCUT2D eigenvalue weighted by Gasteiger charge is -2.18. The molecule has 6 rings (SSSR count). The molecule has 1 fully saturated rings. The second-order valence-electron chi connectivity index (χ2n) is 9.26. The van der Waals surface area contributed by atoms with E-state index in [9.17, 15) is 22.8 Å². The Morgan fingerprint density at radius 2 is 2.03 bits per heavy atom. The normalized spacial score (nSPS) is 16.4. The maximum atomic E-state index is 13.1. The molecule has 1 atom stereocenters. The largest absolute Gasteiger partial charge is 0.433 e. The van der Waals surface area contributed by atoms with Gasteiger partial charge < -0.3 is 9.88 Å². The summed E-state index contributed by atoms with van der Waals surface area (Å²) in [6.07, 6.45) is 4.16. The first-order valence-corrected chi connectivity index (χ1v) is 12.0. The lowest BCUT2D eigenvalue weighted by atomic mass is 10.1. The van der Waals surface area contributed by atoms with Crippen LogP contribution < -0.4 is 10.5 Å². The molecule has 14 heteroatoms. The monoisotopic (exact) mass is 525 g/mol. The number of nitrogens with one attached hydrogen (secondary N) is 1. The summed E-state index contributed by atoms with van der Waals surface area (Å²) in [6.45, 7) is 3.15. The zero-order valence-corrected chi connectivity index (χ0v) is 20.2. The molecule has 1 aliphatic rings. The SMILES string of the molecule is CCCn1c(=O)c2[nH]c(-c3cnn(CC4CC(=O)N(c5ccnc(C(F)(F)F)c5)C4)c3)nc2n2ccnc12. The van der Waals surface area contributed by atoms with E-state index >= 15 is 0 Å². The number of nitrogens with zero attached hydrogens (tertiary/aromatic N) is 8. The number of H-pyrrole nitrogens is 1. The van der Waals surface area contributed by atoms with Crippen LogP contribution in [0.1, 0.15) is 25.5 Å². The Morgan fingerprint density at radius 1 is 1.18 bits per heavy atom. The Morgan fingerprint density at radius 3 is 2.82 bits per heavy atom. The molecule has 196 valence electrons. The molecule has 0 radical (unpaired) electrons. The minimum absolute atomic E-state index is 0.153. The minimum Gasteiger partial charge on any atom is -0.332 e. The van der Waals surface area contributed by atoms with Gasteiger partial charge in [-0.05, 0) is 18.6 Å². The number of hydrogen-bond donors (Lipinski definition) is 1. The molecule has 0 saturated carbocycles. The van der Waals surface area contributed by atoms with E-state index in [0.717, 1.165) is 18.7 Å². The molecular weight excluding hydrogens is 503 g/mol. The van der Waals surface area contributed by atoms with Crippen LogP contribution in [0.15, 0.2) is 47.9 Å². The Kier molecular flexibility index (Phi) is 5.54. The summed E-state index contributed by atoms with van der Waals surface area (Å²) in [5, 5.41) is 4.38. The van der Waals surface area contributed by atoms with Crippen LogP contribution in [0.2, 0.25) is 0 Å². The van der Waals surface area contributed by atoms with Crippen molar-refractivity contribution < 1.29 is 18.0 Å². The Balaban J connectivity index is 1.23. The second kappa shape index (κ2) is 8.82. The van der Waals surface area contributed by atoms with E-state index in [1.807, 2.05) is 6.92 Å². The molecule has 5 aromatic heterocycles. The number of pyridine rings is 1. The van der Waals surface area contributed by atoms with Crippen molar-refractivity contribution in [3.05, 3.63) is 59.2 Å². The van der Waals surface area contributed by atoms with Crippen LogP contribution >= 0.6 is 0 Å². The van der Waals surface area contributed by atoms with Crippen molar-refractivity contribution in [1.82, 2.24) is 38.7 Å². The summed E-state index contributed by atoms with van der Waals surface area (Å²) in [7, 11) is 0. The van der Waals surface area contributed by atoms with Gasteiger partial charge in [-0.1, -0.05) is 6.92 Å². The predicted molar refractivity (Wildman–Crippen MR) is 130 cm³/mol. The fourth-order valence-electron chi connectivity index (χ4n) is 4.88. The molecule has 38 heavy (non-hydrogen) atoms. The number of halogens is 3. The van der Waals surface area contributed by atoms with Gasteiger partial charge in [0.1, 0.15) is 11.5 Å². The van der Waals surface area contributed by atoms with E-state index < -0.39 is 11.9 Å². The fourth-order valence-corrected chi connectivity index (χ4v) is 4.88. The van der Waals surface area contributed by atoms with Crippen molar-refractivity contribution in [3.63, 3.8) is 0 Å². The number of rotatable bonds is 6. The first-order valence-electron chi connectivity index (χ1n) is 12.0. The van der Waals surface area contributed by atoms with Crippen molar-refractivity contribution in [2.75, 3.05) is 11.4 Å². The van der Waals surface area contributed by atoms with E-state index in [1.165, 1.54) is 11.0 Å². The Bertz CT molecular complexity index is 1730. The zero-order chi connectivity index (χ0) is 26.6. The highest BCUT2D eigenvalue weighted by Gasteiger charge is 2.35. The van der Waals surface area contributed by atoms with Gasteiger partial charge in [0, 0.05) is 62.4 Å². The molecule has 1 aliphatic heterocycles. The third-order valence-electron chi connectivity index (χ3n) is 6.58. The quantitative estimate of drug-likeness (QED) is 0.364. The smallest absolute Gasteiger partial charge is 0.332 e. The fraction of sp³-hybridized carbons (Fsp3) is 0.333. The first kappa shape index (κ1) is 23.9. The molecule has 5 aromatic rings. The lowest BCUT2D eigenvalue weighted by Crippen LogP contribution is -2.25. The minimum atomic E-state index is -4.59. The number of fused-ring (bicyclic) bond motifs is 3. The van der Waals surface area contributed by atoms with Gasteiger partial charge in [-0.2, -0.15) is 18.3 Å². The molecule has 1 saturated heterocycles. The summed E-state index contributed by atoms with van der Waals surface area (Å²) in [5.74, 6) is 0.574. The Hall–Kier alpha value is -4.49. The van der Waals surface area contributed by atoms with Crippen LogP contribution in [0.4, 0.5) is 18.9 Å². The maximum Gasteiger partial charge on any atom is 0.433 e. The molecule has 0 spiro atoms. The highest BCUT2D eigenvalue weighted by Crippen LogP contribution is 2.32. The van der Waals surface area contributed by atoms with E-state index in [-0.39, 0.29) is 36.0 Å². The molecule has 0 aromatic carbocycles. The zero-order valence-electron chi connectivity index (χ0n) is 20.2. The maximum absolute atomic E-state index is 13.1. The standard InChI is InChI=1S/C24H22F3N9O2/c1-2-6-35-22(38)19-21(34-7-5-29-23(34)35)32-20(31-19)15-10-30-33(13-15)11-14-8-18(37)36(12-14)16-3-4-28-17(9-16)24(25,26)27/h3-5,7,9-10,13-14H,2,6,8,11-12H2,1H3,(H,31,32). The van der Waals surface area contributed by atoms with Crippen molar-refractivity contribution in [2.45, 2.75) is 39.0 Å². The van der Waals surface area contributed by atoms with Crippen molar-refractivity contribution >= 4 is 28.5 Å². The van der Waals surface area contributed by atoms with E-state index in [2.05, 4.69) is 25.0 Å². The summed E-state index contributed by atoms with van der Waals surface area (Å²) >= 11 is 0. The van der Waals surface area contributed by atoms with Crippen LogP contribution in [-0.2, 0) is 24.1 Å². The van der Waals surface area contributed by atoms with Crippen LogP contribution in [0.3, 0.4) is 0 Å². The van der Waals surface area contributed by atoms with E-state index in [1.54, 1.807) is 38.4 Å². The summed E-state index contributed by atoms with van der Waals surface area (Å²) in [5.41, 5.74) is 0.401. The van der Waals surface area contributed by atoms with Crippen molar-refractivity contribution in [3.8, 4) is 11.4 Å². The first-order chi connectivity index (χ1) is 18.2. The highest BCUT2D eigenvalue weighted by atomic mass is 19.4. The number of aromatic nitrogens is 8. The number of carbonyl (C=O) groups excluding carboxylic acids is 1. The number of aromatic amines is 1. The highest BCUT2D eigenvalue weighted by molar-refractivity contribution is 5.95. The molecular formula is C24H22F3N9O2. The third-order valence-corrected chi connectivity index (χ3v) is 6.58. The van der Waals surface area contributed by atoms with Crippen molar-refractivity contribution in [2.24, 2.45) is 5.92 Å². The summed E-state index contributed by atoms with van der Waals surface area (Å²) in [4.78, 5) is 42.4. The number of hydrogen-bond acceptors (Lipinski definition) is 6. The van der Waals surface area contributed by atoms with Gasteiger partial charge in [0.05, 0.1) is 11.8 Å². The molecule has 0 bridgehead atoms. The average molecular weight is 525 g/mol. The van der Waals surface area contributed by atoms with Gasteiger partial charge in [-0.3, -0.25) is 28.2 Å². The average Bonchev–Trinajstić information content (AvgIpc) is 3.67.